The quantitative estimate of drug-likeness (QED) is 0.152. The number of likely N-dealkylation sites (tertiary alicyclic amines) is 1. The first kappa shape index (κ1) is 24.9. The van der Waals surface area contributed by atoms with Crippen molar-refractivity contribution in [2.45, 2.75) is 32.6 Å². The number of aromatic nitrogens is 1. The van der Waals surface area contributed by atoms with Gasteiger partial charge in [-0.1, -0.05) is 17.7 Å². The minimum Gasteiger partial charge on any atom is -0.369 e. The second-order valence-electron chi connectivity index (χ2n) is 6.82. The van der Waals surface area contributed by atoms with Crippen LogP contribution < -0.4 is 16.4 Å². The third-order valence-electron chi connectivity index (χ3n) is 4.65. The predicted molar refractivity (Wildman–Crippen MR) is 125 cm³/mol. The molecule has 0 spiro atoms. The number of rotatable bonds is 9. The van der Waals surface area contributed by atoms with Crippen LogP contribution in [-0.4, -0.2) is 61.0 Å². The van der Waals surface area contributed by atoms with Gasteiger partial charge in [0, 0.05) is 32.4 Å². The van der Waals surface area contributed by atoms with Crippen molar-refractivity contribution in [2.24, 2.45) is 16.6 Å². The van der Waals surface area contributed by atoms with Crippen LogP contribution in [0.3, 0.4) is 0 Å². The van der Waals surface area contributed by atoms with Gasteiger partial charge in [-0.05, 0) is 57.3 Å². The summed E-state index contributed by atoms with van der Waals surface area (Å²) in [6.07, 6.45) is 5.58. The molecule has 7 nitrogen and oxygen atoms in total. The van der Waals surface area contributed by atoms with E-state index in [9.17, 15) is 4.79 Å². The highest BCUT2D eigenvalue weighted by Crippen LogP contribution is 2.15. The van der Waals surface area contributed by atoms with Crippen LogP contribution in [0.15, 0.2) is 23.3 Å². The van der Waals surface area contributed by atoms with E-state index in [-0.39, 0.29) is 35.8 Å². The summed E-state index contributed by atoms with van der Waals surface area (Å²) in [7, 11) is 0. The van der Waals surface area contributed by atoms with E-state index in [4.69, 9.17) is 17.3 Å². The lowest BCUT2D eigenvalue weighted by atomic mass is 9.97. The van der Waals surface area contributed by atoms with E-state index in [1.807, 2.05) is 6.07 Å². The first-order valence-electron chi connectivity index (χ1n) is 9.72. The summed E-state index contributed by atoms with van der Waals surface area (Å²) in [5, 5.41) is 7.12. The Labute approximate surface area is 189 Å². The average molecular weight is 523 g/mol. The Balaban J connectivity index is 0.00000392. The molecule has 158 valence electrons. The molecule has 0 aromatic carbocycles. The van der Waals surface area contributed by atoms with Gasteiger partial charge in [0.25, 0.3) is 0 Å². The number of nitrogens with zero attached hydrogens (tertiary/aromatic N) is 3. The number of amides is 1. The molecule has 2 rings (SSSR count). The molecule has 4 N–H and O–H groups in total. The number of carbonyl (C=O) groups excluding carboxylic acids is 1. The van der Waals surface area contributed by atoms with Crippen LogP contribution in [0.1, 0.15) is 31.7 Å². The highest BCUT2D eigenvalue weighted by Gasteiger charge is 2.23. The number of aliphatic imine (C=N–C) groups is 1. The van der Waals surface area contributed by atoms with Crippen molar-refractivity contribution in [3.05, 3.63) is 29.0 Å². The van der Waals surface area contributed by atoms with Crippen LogP contribution >= 0.6 is 35.6 Å². The Kier molecular flexibility index (Phi) is 12.4. The van der Waals surface area contributed by atoms with E-state index in [1.54, 1.807) is 12.3 Å². The SMILES string of the molecule is CCNC(=NCCCN1CCCC(C(N)=O)C1)NCCc1ccc(Cl)nc1.I. The summed E-state index contributed by atoms with van der Waals surface area (Å²) in [6.45, 7) is 7.17. The largest absolute Gasteiger partial charge is 0.369 e. The summed E-state index contributed by atoms with van der Waals surface area (Å²) < 4.78 is 0. The Morgan fingerprint density at radius 2 is 2.25 bits per heavy atom. The Morgan fingerprint density at radius 1 is 1.43 bits per heavy atom. The average Bonchev–Trinajstić information content (AvgIpc) is 2.67. The molecule has 1 aromatic heterocycles. The number of nitrogens with one attached hydrogen (secondary N) is 2. The Hall–Kier alpha value is -1.13. The normalized spacial score (nSPS) is 17.6. The molecule has 0 bridgehead atoms. The third-order valence-corrected chi connectivity index (χ3v) is 4.87. The van der Waals surface area contributed by atoms with Gasteiger partial charge in [-0.2, -0.15) is 0 Å². The summed E-state index contributed by atoms with van der Waals surface area (Å²) in [5.74, 6) is 0.656. The fraction of sp³-hybridized carbons (Fsp3) is 0.632. The maximum absolute atomic E-state index is 11.4. The number of pyridine rings is 1. The van der Waals surface area contributed by atoms with Gasteiger partial charge in [0.1, 0.15) is 5.15 Å². The van der Waals surface area contributed by atoms with Crippen molar-refractivity contribution in [1.29, 1.82) is 0 Å². The molecule has 1 aliphatic heterocycles. The number of hydrogen-bond donors (Lipinski definition) is 3. The minimum absolute atomic E-state index is 0. The standard InChI is InChI=1S/C19H31ClN6O.HI/c1-2-22-19(24-10-8-15-6-7-17(20)25-13-15)23-9-4-12-26-11-3-5-16(14-26)18(21)27;/h6-7,13,16H,2-5,8-12,14H2,1H3,(H2,21,27)(H2,22,23,24);1H. The number of guanidine groups is 1. The summed E-state index contributed by atoms with van der Waals surface area (Å²) in [4.78, 5) is 22.4. The molecule has 1 unspecified atom stereocenters. The van der Waals surface area contributed by atoms with Crippen LogP contribution in [0.25, 0.3) is 0 Å². The van der Waals surface area contributed by atoms with Crippen LogP contribution in [0.5, 0.6) is 0 Å². The van der Waals surface area contributed by atoms with Gasteiger partial charge in [-0.3, -0.25) is 9.79 Å². The van der Waals surface area contributed by atoms with Gasteiger partial charge >= 0.3 is 0 Å². The van der Waals surface area contributed by atoms with Crippen LogP contribution in [0.4, 0.5) is 0 Å². The zero-order valence-corrected chi connectivity index (χ0v) is 19.6. The van der Waals surface area contributed by atoms with Crippen molar-refractivity contribution in [2.75, 3.05) is 39.3 Å². The van der Waals surface area contributed by atoms with Gasteiger partial charge in [0.2, 0.25) is 5.91 Å². The second kappa shape index (κ2) is 13.9. The molecule has 0 saturated carbocycles. The maximum Gasteiger partial charge on any atom is 0.221 e. The number of hydrogen-bond acceptors (Lipinski definition) is 4. The lowest BCUT2D eigenvalue weighted by molar-refractivity contribution is -0.123. The molecule has 28 heavy (non-hydrogen) atoms. The van der Waals surface area contributed by atoms with Crippen molar-refractivity contribution >= 4 is 47.4 Å². The first-order chi connectivity index (χ1) is 13.1. The third kappa shape index (κ3) is 9.38. The van der Waals surface area contributed by atoms with Crippen LogP contribution in [0.2, 0.25) is 5.15 Å². The maximum atomic E-state index is 11.4. The van der Waals surface area contributed by atoms with Crippen LogP contribution in [-0.2, 0) is 11.2 Å². The second-order valence-corrected chi connectivity index (χ2v) is 7.21. The number of halogens is 2. The molecule has 1 saturated heterocycles. The topological polar surface area (TPSA) is 95.6 Å². The zero-order chi connectivity index (χ0) is 19.5. The highest BCUT2D eigenvalue weighted by molar-refractivity contribution is 14.0. The molecule has 2 heterocycles. The van der Waals surface area contributed by atoms with Gasteiger partial charge < -0.3 is 21.3 Å². The predicted octanol–water partition coefficient (Wildman–Crippen LogP) is 2.04. The first-order valence-corrected chi connectivity index (χ1v) is 10.1. The van der Waals surface area contributed by atoms with Gasteiger partial charge in [0.15, 0.2) is 5.96 Å². The van der Waals surface area contributed by atoms with E-state index in [0.29, 0.717) is 5.15 Å². The summed E-state index contributed by atoms with van der Waals surface area (Å²) in [6, 6.07) is 3.79. The zero-order valence-electron chi connectivity index (χ0n) is 16.5. The summed E-state index contributed by atoms with van der Waals surface area (Å²) >= 11 is 5.81. The molecule has 1 aliphatic rings. The molecule has 1 atom stereocenters. The molecular formula is C19H32ClIN6O. The fourth-order valence-electron chi connectivity index (χ4n) is 3.20. The fourth-order valence-corrected chi connectivity index (χ4v) is 3.31. The Morgan fingerprint density at radius 3 is 2.93 bits per heavy atom. The molecule has 0 aliphatic carbocycles. The number of carbonyl (C=O) groups is 1. The van der Waals surface area contributed by atoms with Gasteiger partial charge in [-0.25, -0.2) is 4.98 Å². The lowest BCUT2D eigenvalue weighted by Crippen LogP contribution is -2.41. The molecular weight excluding hydrogens is 491 g/mol. The van der Waals surface area contributed by atoms with E-state index >= 15 is 0 Å². The Bertz CT molecular complexity index is 613. The van der Waals surface area contributed by atoms with Crippen molar-refractivity contribution in [3.63, 3.8) is 0 Å². The van der Waals surface area contributed by atoms with Crippen molar-refractivity contribution in [3.8, 4) is 0 Å². The van der Waals surface area contributed by atoms with Crippen molar-refractivity contribution < 1.29 is 4.79 Å². The minimum atomic E-state index is -0.174. The van der Waals surface area contributed by atoms with Crippen molar-refractivity contribution in [1.82, 2.24) is 20.5 Å². The molecule has 9 heteroatoms. The number of nitrogens with two attached hydrogens (primary N) is 1. The van der Waals surface area contributed by atoms with Crippen LogP contribution in [0, 0.1) is 5.92 Å². The smallest absolute Gasteiger partial charge is 0.221 e. The van der Waals surface area contributed by atoms with E-state index in [2.05, 4.69) is 32.4 Å². The van der Waals surface area contributed by atoms with E-state index < -0.39 is 0 Å². The van der Waals surface area contributed by atoms with Gasteiger partial charge in [-0.15, -0.1) is 24.0 Å². The lowest BCUT2D eigenvalue weighted by Gasteiger charge is -2.30. The molecule has 1 amide bonds. The summed E-state index contributed by atoms with van der Waals surface area (Å²) in [5.41, 5.74) is 6.57. The molecule has 1 aromatic rings. The number of primary amides is 1. The molecule has 1 fully saturated rings. The molecule has 0 radical (unpaired) electrons. The monoisotopic (exact) mass is 522 g/mol. The highest BCUT2D eigenvalue weighted by atomic mass is 127. The van der Waals surface area contributed by atoms with Gasteiger partial charge in [0.05, 0.1) is 5.92 Å². The van der Waals surface area contributed by atoms with E-state index in [0.717, 1.165) is 76.5 Å². The number of piperidine rings is 1. The van der Waals surface area contributed by atoms with E-state index in [1.165, 1.54) is 0 Å².